The van der Waals surface area contributed by atoms with Gasteiger partial charge in [0.05, 0.1) is 6.42 Å². The maximum absolute atomic E-state index is 11.9. The van der Waals surface area contributed by atoms with Crippen LogP contribution in [0.25, 0.3) is 0 Å². The van der Waals surface area contributed by atoms with Gasteiger partial charge in [0.15, 0.2) is 6.61 Å². The molecule has 0 saturated heterocycles. The first-order chi connectivity index (χ1) is 11.3. The molecule has 0 aromatic heterocycles. The normalized spacial score (nSPS) is 10.3. The van der Waals surface area contributed by atoms with Crippen molar-refractivity contribution < 1.29 is 14.3 Å². The molecule has 0 heterocycles. The monoisotopic (exact) mass is 365 g/mol. The molecule has 0 unspecified atom stereocenters. The SMILES string of the molecule is Cc1ccc(C)c(NC(=O)COC(=O)Cc2ccc(Cl)cc2Cl)c1. The largest absolute Gasteiger partial charge is 0.455 e. The average molecular weight is 366 g/mol. The lowest BCUT2D eigenvalue weighted by atomic mass is 10.1. The molecule has 0 atom stereocenters. The van der Waals surface area contributed by atoms with E-state index in [-0.39, 0.29) is 18.9 Å². The Labute approximate surface area is 150 Å². The first-order valence-electron chi connectivity index (χ1n) is 7.32. The number of benzene rings is 2. The van der Waals surface area contributed by atoms with E-state index in [1.807, 2.05) is 32.0 Å². The molecule has 0 aliphatic rings. The van der Waals surface area contributed by atoms with Gasteiger partial charge >= 0.3 is 5.97 Å². The minimum absolute atomic E-state index is 0.0211. The number of anilines is 1. The summed E-state index contributed by atoms with van der Waals surface area (Å²) in [6, 6.07) is 10.6. The number of hydrogen-bond acceptors (Lipinski definition) is 3. The lowest BCUT2D eigenvalue weighted by Gasteiger charge is -2.10. The fourth-order valence-corrected chi connectivity index (χ4v) is 2.55. The van der Waals surface area contributed by atoms with Crippen molar-refractivity contribution in [1.29, 1.82) is 0 Å². The van der Waals surface area contributed by atoms with Crippen LogP contribution in [-0.4, -0.2) is 18.5 Å². The van der Waals surface area contributed by atoms with Crippen LogP contribution in [0.4, 0.5) is 5.69 Å². The highest BCUT2D eigenvalue weighted by Gasteiger charge is 2.12. The fourth-order valence-electron chi connectivity index (χ4n) is 2.07. The number of carbonyl (C=O) groups is 2. The Morgan fingerprint density at radius 2 is 1.83 bits per heavy atom. The van der Waals surface area contributed by atoms with Crippen molar-refractivity contribution in [3.05, 3.63) is 63.1 Å². The molecule has 1 N–H and O–H groups in total. The summed E-state index contributed by atoms with van der Waals surface area (Å²) in [5.41, 5.74) is 3.27. The van der Waals surface area contributed by atoms with Crippen LogP contribution in [0.1, 0.15) is 16.7 Å². The van der Waals surface area contributed by atoms with Gasteiger partial charge in [-0.25, -0.2) is 0 Å². The molecule has 0 bridgehead atoms. The third-order valence-electron chi connectivity index (χ3n) is 3.38. The van der Waals surface area contributed by atoms with E-state index >= 15 is 0 Å². The molecule has 0 fully saturated rings. The number of carbonyl (C=O) groups excluding carboxylic acids is 2. The summed E-state index contributed by atoms with van der Waals surface area (Å²) < 4.78 is 4.99. The number of halogens is 2. The van der Waals surface area contributed by atoms with E-state index in [1.54, 1.807) is 18.2 Å². The number of amides is 1. The Morgan fingerprint density at radius 3 is 2.54 bits per heavy atom. The molecule has 4 nitrogen and oxygen atoms in total. The molecule has 0 spiro atoms. The molecule has 2 rings (SSSR count). The number of esters is 1. The number of nitrogens with one attached hydrogen (secondary N) is 1. The van der Waals surface area contributed by atoms with Crippen LogP contribution in [0.3, 0.4) is 0 Å². The predicted octanol–water partition coefficient (Wildman–Crippen LogP) is 4.33. The molecule has 2 aromatic carbocycles. The molecule has 6 heteroatoms. The molecule has 126 valence electrons. The van der Waals surface area contributed by atoms with Gasteiger partial charge in [-0.15, -0.1) is 0 Å². The second-order valence-electron chi connectivity index (χ2n) is 5.44. The number of aryl methyl sites for hydroxylation is 2. The van der Waals surface area contributed by atoms with Gasteiger partial charge in [0.25, 0.3) is 5.91 Å². The quantitative estimate of drug-likeness (QED) is 0.802. The molecular weight excluding hydrogens is 349 g/mol. The van der Waals surface area contributed by atoms with Crippen molar-refractivity contribution in [3.63, 3.8) is 0 Å². The Kier molecular flexibility index (Phi) is 6.23. The lowest BCUT2D eigenvalue weighted by Crippen LogP contribution is -2.22. The van der Waals surface area contributed by atoms with E-state index < -0.39 is 5.97 Å². The van der Waals surface area contributed by atoms with Gasteiger partial charge < -0.3 is 10.1 Å². The first kappa shape index (κ1) is 18.3. The maximum Gasteiger partial charge on any atom is 0.310 e. The first-order valence-corrected chi connectivity index (χ1v) is 8.07. The van der Waals surface area contributed by atoms with Crippen LogP contribution in [-0.2, 0) is 20.7 Å². The van der Waals surface area contributed by atoms with Crippen molar-refractivity contribution in [3.8, 4) is 0 Å². The Balaban J connectivity index is 1.87. The summed E-state index contributed by atoms with van der Waals surface area (Å²) in [5, 5.41) is 3.61. The highest BCUT2D eigenvalue weighted by atomic mass is 35.5. The van der Waals surface area contributed by atoms with Gasteiger partial charge in [0, 0.05) is 15.7 Å². The third-order valence-corrected chi connectivity index (χ3v) is 3.97. The van der Waals surface area contributed by atoms with E-state index in [1.165, 1.54) is 0 Å². The van der Waals surface area contributed by atoms with Gasteiger partial charge in [0.2, 0.25) is 0 Å². The van der Waals surface area contributed by atoms with E-state index in [2.05, 4.69) is 5.32 Å². The summed E-state index contributed by atoms with van der Waals surface area (Å²) in [4.78, 5) is 23.7. The minimum Gasteiger partial charge on any atom is -0.455 e. The topological polar surface area (TPSA) is 55.4 Å². The highest BCUT2D eigenvalue weighted by Crippen LogP contribution is 2.21. The van der Waals surface area contributed by atoms with Crippen molar-refractivity contribution in [1.82, 2.24) is 0 Å². The van der Waals surface area contributed by atoms with Gasteiger partial charge in [-0.05, 0) is 48.7 Å². The molecule has 1 amide bonds. The molecule has 0 aliphatic heterocycles. The standard InChI is InChI=1S/C18H17Cl2NO3/c1-11-3-4-12(2)16(7-11)21-17(22)10-24-18(23)8-13-5-6-14(19)9-15(13)20/h3-7,9H,8,10H2,1-2H3,(H,21,22). The van der Waals surface area contributed by atoms with E-state index in [0.717, 1.165) is 11.1 Å². The minimum atomic E-state index is -0.532. The lowest BCUT2D eigenvalue weighted by molar-refractivity contribution is -0.146. The van der Waals surface area contributed by atoms with Crippen LogP contribution < -0.4 is 5.32 Å². The molecule has 0 aliphatic carbocycles. The zero-order valence-electron chi connectivity index (χ0n) is 13.4. The molecule has 0 radical (unpaired) electrons. The van der Waals surface area contributed by atoms with Crippen molar-refractivity contribution in [2.45, 2.75) is 20.3 Å². The molecule has 24 heavy (non-hydrogen) atoms. The van der Waals surface area contributed by atoms with Crippen LogP contribution in [0, 0.1) is 13.8 Å². The average Bonchev–Trinajstić information content (AvgIpc) is 2.52. The van der Waals surface area contributed by atoms with E-state index in [9.17, 15) is 9.59 Å². The zero-order valence-corrected chi connectivity index (χ0v) is 14.9. The van der Waals surface area contributed by atoms with E-state index in [4.69, 9.17) is 27.9 Å². The van der Waals surface area contributed by atoms with Gasteiger partial charge in [-0.2, -0.15) is 0 Å². The molecule has 2 aromatic rings. The van der Waals surface area contributed by atoms with E-state index in [0.29, 0.717) is 21.3 Å². The molecule has 0 saturated carbocycles. The predicted molar refractivity (Wildman–Crippen MR) is 95.7 cm³/mol. The van der Waals surface area contributed by atoms with Crippen molar-refractivity contribution in [2.75, 3.05) is 11.9 Å². The summed E-state index contributed by atoms with van der Waals surface area (Å²) in [7, 11) is 0. The number of ether oxygens (including phenoxy) is 1. The number of rotatable bonds is 5. The van der Waals surface area contributed by atoms with Crippen molar-refractivity contribution >= 4 is 40.8 Å². The van der Waals surface area contributed by atoms with Gasteiger partial charge in [0.1, 0.15) is 0 Å². The van der Waals surface area contributed by atoms with Gasteiger partial charge in [-0.1, -0.05) is 41.4 Å². The Hall–Kier alpha value is -2.04. The summed E-state index contributed by atoms with van der Waals surface area (Å²) in [6.45, 7) is 3.48. The van der Waals surface area contributed by atoms with Crippen LogP contribution in [0.2, 0.25) is 10.0 Å². The maximum atomic E-state index is 11.9. The molecular formula is C18H17Cl2NO3. The fraction of sp³-hybridized carbons (Fsp3) is 0.222. The second-order valence-corrected chi connectivity index (χ2v) is 6.28. The Morgan fingerprint density at radius 1 is 1.08 bits per heavy atom. The summed E-state index contributed by atoms with van der Waals surface area (Å²) in [6.07, 6.45) is -0.0211. The zero-order chi connectivity index (χ0) is 17.7. The van der Waals surface area contributed by atoms with Crippen LogP contribution in [0.15, 0.2) is 36.4 Å². The van der Waals surface area contributed by atoms with Crippen LogP contribution in [0.5, 0.6) is 0 Å². The smallest absolute Gasteiger partial charge is 0.310 e. The van der Waals surface area contributed by atoms with Crippen LogP contribution >= 0.6 is 23.2 Å². The van der Waals surface area contributed by atoms with Crippen molar-refractivity contribution in [2.24, 2.45) is 0 Å². The summed E-state index contributed by atoms with van der Waals surface area (Å²) in [5.74, 6) is -0.922. The van der Waals surface area contributed by atoms with Gasteiger partial charge in [-0.3, -0.25) is 9.59 Å². The highest BCUT2D eigenvalue weighted by molar-refractivity contribution is 6.35. The Bertz CT molecular complexity index is 775. The summed E-state index contributed by atoms with van der Waals surface area (Å²) >= 11 is 11.8. The number of hydrogen-bond donors (Lipinski definition) is 1. The third kappa shape index (κ3) is 5.25. The second kappa shape index (κ2) is 8.18.